The summed E-state index contributed by atoms with van der Waals surface area (Å²) < 4.78 is 0. The molecule has 1 aromatic carbocycles. The second-order valence-corrected chi connectivity index (χ2v) is 4.87. The van der Waals surface area contributed by atoms with Crippen LogP contribution in [0.5, 0.6) is 0 Å². The molecule has 0 saturated heterocycles. The number of rotatable bonds is 6. The summed E-state index contributed by atoms with van der Waals surface area (Å²) in [5.74, 6) is 0.913. The van der Waals surface area contributed by atoms with E-state index in [9.17, 15) is 4.79 Å². The lowest BCUT2D eigenvalue weighted by Gasteiger charge is -2.19. The largest absolute Gasteiger partial charge is 0.352 e. The lowest BCUT2D eigenvalue weighted by Crippen LogP contribution is -2.39. The van der Waals surface area contributed by atoms with E-state index in [0.29, 0.717) is 18.2 Å². The molecule has 0 radical (unpaired) electrons. The van der Waals surface area contributed by atoms with Gasteiger partial charge in [-0.1, -0.05) is 44.2 Å². The summed E-state index contributed by atoms with van der Waals surface area (Å²) in [5.41, 5.74) is 1.19. The highest BCUT2D eigenvalue weighted by Gasteiger charge is 2.14. The monoisotopic (exact) mass is 253 g/mol. The van der Waals surface area contributed by atoms with Crippen LogP contribution in [-0.4, -0.2) is 17.8 Å². The van der Waals surface area contributed by atoms with Gasteiger partial charge in [-0.25, -0.2) is 0 Å². The van der Waals surface area contributed by atoms with Gasteiger partial charge in [0.25, 0.3) is 0 Å². The predicted molar refractivity (Wildman–Crippen MR) is 72.3 cm³/mol. The second-order valence-electron chi connectivity index (χ2n) is 4.56. The van der Waals surface area contributed by atoms with Gasteiger partial charge < -0.3 is 5.32 Å². The maximum Gasteiger partial charge on any atom is 0.220 e. The van der Waals surface area contributed by atoms with Crippen molar-refractivity contribution in [3.05, 3.63) is 35.9 Å². The maximum atomic E-state index is 11.7. The summed E-state index contributed by atoms with van der Waals surface area (Å²) in [6.07, 6.45) is 1.30. The van der Waals surface area contributed by atoms with E-state index in [1.807, 2.05) is 30.3 Å². The highest BCUT2D eigenvalue weighted by molar-refractivity contribution is 6.18. The topological polar surface area (TPSA) is 29.1 Å². The highest BCUT2D eigenvalue weighted by atomic mass is 35.5. The molecule has 0 fully saturated rings. The number of alkyl halides is 1. The molecule has 1 atom stereocenters. The highest BCUT2D eigenvalue weighted by Crippen LogP contribution is 2.06. The maximum absolute atomic E-state index is 11.7. The molecule has 0 heterocycles. The van der Waals surface area contributed by atoms with Crippen molar-refractivity contribution in [1.29, 1.82) is 0 Å². The zero-order valence-corrected chi connectivity index (χ0v) is 11.2. The molecule has 0 saturated carbocycles. The zero-order chi connectivity index (χ0) is 12.7. The zero-order valence-electron chi connectivity index (χ0n) is 10.4. The van der Waals surface area contributed by atoms with Crippen molar-refractivity contribution in [3.63, 3.8) is 0 Å². The molecule has 0 spiro atoms. The van der Waals surface area contributed by atoms with Crippen LogP contribution >= 0.6 is 11.6 Å². The first-order chi connectivity index (χ1) is 8.13. The normalized spacial score (nSPS) is 12.5. The van der Waals surface area contributed by atoms with Gasteiger partial charge in [0.2, 0.25) is 5.91 Å². The number of halogens is 1. The number of benzene rings is 1. The molecular weight excluding hydrogens is 234 g/mol. The Kier molecular flexibility index (Phi) is 6.06. The van der Waals surface area contributed by atoms with Crippen LogP contribution in [0.1, 0.15) is 25.8 Å². The van der Waals surface area contributed by atoms with E-state index in [0.717, 1.165) is 6.42 Å². The molecule has 2 nitrogen and oxygen atoms in total. The summed E-state index contributed by atoms with van der Waals surface area (Å²) in [5, 5.41) is 2.97. The first kappa shape index (κ1) is 14.0. The van der Waals surface area contributed by atoms with Gasteiger partial charge in [0.1, 0.15) is 0 Å². The number of carbonyl (C=O) groups is 1. The average Bonchev–Trinajstić information content (AvgIpc) is 2.34. The van der Waals surface area contributed by atoms with Crippen LogP contribution in [0.4, 0.5) is 0 Å². The van der Waals surface area contributed by atoms with Crippen LogP contribution in [0, 0.1) is 5.92 Å². The van der Waals surface area contributed by atoms with E-state index in [1.54, 1.807) is 0 Å². The third-order valence-electron chi connectivity index (χ3n) is 2.80. The molecule has 0 aliphatic rings. The fourth-order valence-electron chi connectivity index (χ4n) is 1.56. The first-order valence-electron chi connectivity index (χ1n) is 6.02. The Labute approximate surface area is 108 Å². The Bertz CT molecular complexity index is 337. The SMILES string of the molecule is CC(C)C(CCl)NC(=O)CCc1ccccc1. The van der Waals surface area contributed by atoms with Crippen molar-refractivity contribution in [2.45, 2.75) is 32.7 Å². The fraction of sp³-hybridized carbons (Fsp3) is 0.500. The molecule has 17 heavy (non-hydrogen) atoms. The van der Waals surface area contributed by atoms with Crippen LogP contribution in [0.15, 0.2) is 30.3 Å². The number of hydrogen-bond acceptors (Lipinski definition) is 1. The van der Waals surface area contributed by atoms with Gasteiger partial charge in [-0.15, -0.1) is 11.6 Å². The molecule has 1 N–H and O–H groups in total. The Balaban J connectivity index is 2.35. The molecular formula is C14H20ClNO. The number of carbonyl (C=O) groups excluding carboxylic acids is 1. The minimum Gasteiger partial charge on any atom is -0.352 e. The Hall–Kier alpha value is -1.02. The van der Waals surface area contributed by atoms with E-state index in [1.165, 1.54) is 5.56 Å². The molecule has 0 bridgehead atoms. The summed E-state index contributed by atoms with van der Waals surface area (Å²) >= 11 is 5.81. The average molecular weight is 254 g/mol. The molecule has 94 valence electrons. The van der Waals surface area contributed by atoms with Crippen molar-refractivity contribution < 1.29 is 4.79 Å². The standard InChI is InChI=1S/C14H20ClNO/c1-11(2)13(10-15)16-14(17)9-8-12-6-4-3-5-7-12/h3-7,11,13H,8-10H2,1-2H3,(H,16,17). The molecule has 1 amide bonds. The third kappa shape index (κ3) is 5.22. The van der Waals surface area contributed by atoms with Crippen LogP contribution in [0.25, 0.3) is 0 Å². The lowest BCUT2D eigenvalue weighted by molar-refractivity contribution is -0.121. The fourth-order valence-corrected chi connectivity index (χ4v) is 2.00. The summed E-state index contributed by atoms with van der Waals surface area (Å²) in [6.45, 7) is 4.12. The number of aryl methyl sites for hydroxylation is 1. The van der Waals surface area contributed by atoms with Crippen LogP contribution < -0.4 is 5.32 Å². The Morgan fingerprint density at radius 1 is 1.29 bits per heavy atom. The van der Waals surface area contributed by atoms with Gasteiger partial charge in [0.15, 0.2) is 0 Å². The lowest BCUT2D eigenvalue weighted by atomic mass is 10.1. The second kappa shape index (κ2) is 7.33. The molecule has 1 rings (SSSR count). The summed E-state index contributed by atoms with van der Waals surface area (Å²) in [6, 6.07) is 10.1. The van der Waals surface area contributed by atoms with Crippen LogP contribution in [0.2, 0.25) is 0 Å². The van der Waals surface area contributed by atoms with E-state index in [4.69, 9.17) is 11.6 Å². The number of nitrogens with one attached hydrogen (secondary N) is 1. The summed E-state index contributed by atoms with van der Waals surface area (Å²) in [4.78, 5) is 11.7. The van der Waals surface area contributed by atoms with Crippen molar-refractivity contribution >= 4 is 17.5 Å². The van der Waals surface area contributed by atoms with E-state index in [2.05, 4.69) is 19.2 Å². The van der Waals surface area contributed by atoms with E-state index >= 15 is 0 Å². The van der Waals surface area contributed by atoms with Gasteiger partial charge in [0, 0.05) is 18.3 Å². The summed E-state index contributed by atoms with van der Waals surface area (Å²) in [7, 11) is 0. The molecule has 1 aromatic rings. The van der Waals surface area contributed by atoms with Crippen LogP contribution in [-0.2, 0) is 11.2 Å². The third-order valence-corrected chi connectivity index (χ3v) is 3.13. The Morgan fingerprint density at radius 3 is 2.47 bits per heavy atom. The number of amides is 1. The van der Waals surface area contributed by atoms with Gasteiger partial charge in [0.05, 0.1) is 0 Å². The van der Waals surface area contributed by atoms with Crippen molar-refractivity contribution in [3.8, 4) is 0 Å². The quantitative estimate of drug-likeness (QED) is 0.776. The molecule has 0 aliphatic heterocycles. The van der Waals surface area contributed by atoms with Gasteiger partial charge >= 0.3 is 0 Å². The van der Waals surface area contributed by atoms with Gasteiger partial charge in [-0.3, -0.25) is 4.79 Å². The predicted octanol–water partition coefficient (Wildman–Crippen LogP) is 3.00. The van der Waals surface area contributed by atoms with E-state index in [-0.39, 0.29) is 11.9 Å². The van der Waals surface area contributed by atoms with Gasteiger partial charge in [-0.05, 0) is 17.9 Å². The van der Waals surface area contributed by atoms with Gasteiger partial charge in [-0.2, -0.15) is 0 Å². The number of hydrogen-bond donors (Lipinski definition) is 1. The Morgan fingerprint density at radius 2 is 1.94 bits per heavy atom. The molecule has 1 unspecified atom stereocenters. The van der Waals surface area contributed by atoms with Crippen LogP contribution in [0.3, 0.4) is 0 Å². The molecule has 3 heteroatoms. The van der Waals surface area contributed by atoms with Crippen molar-refractivity contribution in [2.24, 2.45) is 5.92 Å². The minimum atomic E-state index is 0.0694. The van der Waals surface area contributed by atoms with E-state index < -0.39 is 0 Å². The molecule has 0 aliphatic carbocycles. The first-order valence-corrected chi connectivity index (χ1v) is 6.56. The van der Waals surface area contributed by atoms with Crippen molar-refractivity contribution in [1.82, 2.24) is 5.32 Å². The smallest absolute Gasteiger partial charge is 0.220 e. The molecule has 0 aromatic heterocycles. The van der Waals surface area contributed by atoms with Crippen molar-refractivity contribution in [2.75, 3.05) is 5.88 Å². The minimum absolute atomic E-state index is 0.0694.